The first-order valence-electron chi connectivity index (χ1n) is 3.49. The van der Waals surface area contributed by atoms with E-state index in [0.717, 1.165) is 13.2 Å². The fourth-order valence-corrected chi connectivity index (χ4v) is 0.414. The number of aliphatic imine (C=N–C) groups is 1. The Morgan fingerprint density at radius 2 is 2.27 bits per heavy atom. The van der Waals surface area contributed by atoms with Gasteiger partial charge in [0.15, 0.2) is 0 Å². The van der Waals surface area contributed by atoms with Gasteiger partial charge < -0.3 is 19.3 Å². The second kappa shape index (κ2) is 7.21. The van der Waals surface area contributed by atoms with E-state index >= 15 is 0 Å². The summed E-state index contributed by atoms with van der Waals surface area (Å²) in [6.07, 6.45) is 2.05. The number of carbonyl (C=O) groups excluding carboxylic acids is 1. The summed E-state index contributed by atoms with van der Waals surface area (Å²) in [7, 11) is 0. The molecule has 0 unspecified atom stereocenters. The first-order chi connectivity index (χ1) is 5.31. The second-order valence-corrected chi connectivity index (χ2v) is 1.67. The van der Waals surface area contributed by atoms with Crippen LogP contribution in [0.2, 0.25) is 0 Å². The molecule has 0 fully saturated rings. The van der Waals surface area contributed by atoms with E-state index in [-0.39, 0.29) is 12.5 Å². The molecular weight excluding hydrogens is 146 g/mol. The zero-order valence-electron chi connectivity index (χ0n) is 6.79. The number of nitrogens with zero attached hydrogens (tertiary/aromatic N) is 1. The molecule has 0 bridgehead atoms. The van der Waals surface area contributed by atoms with Gasteiger partial charge in [-0.3, -0.25) is 0 Å². The van der Waals surface area contributed by atoms with Crippen molar-refractivity contribution >= 4 is 12.3 Å². The zero-order valence-corrected chi connectivity index (χ0v) is 6.79. The Bertz CT molecular complexity index is 132. The molecule has 1 heterocycles. The molecule has 0 radical (unpaired) electrons. The predicted octanol–water partition coefficient (Wildman–Crippen LogP) is 0.491. The molecule has 1 aliphatic heterocycles. The van der Waals surface area contributed by atoms with Crippen molar-refractivity contribution in [3.05, 3.63) is 0 Å². The van der Waals surface area contributed by atoms with Crippen LogP contribution in [-0.4, -0.2) is 32.1 Å². The molecule has 0 saturated heterocycles. The standard InChI is InChI=1S/C4H10O.C3H2NO2/c1-3-5-4-2;5-3-1-6-2-4-3/h3-4H2,1-2H3;1H2/q;-1. The van der Waals surface area contributed by atoms with Gasteiger partial charge in [-0.2, -0.15) is 0 Å². The Morgan fingerprint density at radius 3 is 2.36 bits per heavy atom. The Hall–Kier alpha value is -0.900. The highest BCUT2D eigenvalue weighted by Gasteiger charge is 1.87. The van der Waals surface area contributed by atoms with E-state index in [2.05, 4.69) is 9.73 Å². The third-order valence-corrected chi connectivity index (χ3v) is 0.839. The number of hydrogen-bond donors (Lipinski definition) is 0. The summed E-state index contributed by atoms with van der Waals surface area (Å²) in [4.78, 5) is 13.0. The summed E-state index contributed by atoms with van der Waals surface area (Å²) in [6, 6.07) is 0. The predicted molar refractivity (Wildman–Crippen MR) is 40.6 cm³/mol. The average Bonchev–Trinajstić information content (AvgIpc) is 2.43. The Morgan fingerprint density at radius 1 is 1.64 bits per heavy atom. The number of ether oxygens (including phenoxy) is 2. The highest BCUT2D eigenvalue weighted by atomic mass is 16.5. The van der Waals surface area contributed by atoms with Crippen molar-refractivity contribution in [2.45, 2.75) is 13.8 Å². The minimum atomic E-state index is -0.255. The average molecular weight is 158 g/mol. The van der Waals surface area contributed by atoms with Gasteiger partial charge in [0.05, 0.1) is 6.61 Å². The quantitative estimate of drug-likeness (QED) is 0.549. The van der Waals surface area contributed by atoms with Crippen LogP contribution in [0.15, 0.2) is 4.99 Å². The molecule has 0 atom stereocenters. The van der Waals surface area contributed by atoms with Crippen molar-refractivity contribution in [3.8, 4) is 0 Å². The fraction of sp³-hybridized carbons (Fsp3) is 0.714. The lowest BCUT2D eigenvalue weighted by atomic mass is 10.7. The SMILES string of the molecule is CCOCC.O=C1CO[C-]=N1. The summed E-state index contributed by atoms with van der Waals surface area (Å²) >= 11 is 0. The van der Waals surface area contributed by atoms with Gasteiger partial charge in [-0.1, -0.05) is 0 Å². The molecule has 4 nitrogen and oxygen atoms in total. The van der Waals surface area contributed by atoms with E-state index in [9.17, 15) is 4.79 Å². The van der Waals surface area contributed by atoms with Crippen LogP contribution >= 0.6 is 0 Å². The lowest BCUT2D eigenvalue weighted by Crippen LogP contribution is -1.92. The van der Waals surface area contributed by atoms with E-state index in [1.165, 1.54) is 0 Å². The Labute approximate surface area is 66.2 Å². The third-order valence-electron chi connectivity index (χ3n) is 0.839. The molecule has 4 heteroatoms. The minimum Gasteiger partial charge on any atom is -0.581 e. The Balaban J connectivity index is 0.000000187. The first-order valence-corrected chi connectivity index (χ1v) is 3.49. The van der Waals surface area contributed by atoms with E-state index in [1.807, 2.05) is 20.2 Å². The van der Waals surface area contributed by atoms with Gasteiger partial charge in [0.2, 0.25) is 0 Å². The number of amides is 1. The van der Waals surface area contributed by atoms with Crippen LogP contribution in [0.4, 0.5) is 0 Å². The van der Waals surface area contributed by atoms with Crippen molar-refractivity contribution in [2.75, 3.05) is 19.8 Å². The summed E-state index contributed by atoms with van der Waals surface area (Å²) < 4.78 is 9.12. The normalized spacial score (nSPS) is 13.8. The molecule has 0 aromatic carbocycles. The van der Waals surface area contributed by atoms with Crippen LogP contribution in [0.5, 0.6) is 0 Å². The fourth-order valence-electron chi connectivity index (χ4n) is 0.414. The number of carbonyl (C=O) groups is 1. The second-order valence-electron chi connectivity index (χ2n) is 1.67. The maximum absolute atomic E-state index is 9.89. The van der Waals surface area contributed by atoms with Crippen LogP contribution in [0.1, 0.15) is 13.8 Å². The first kappa shape index (κ1) is 10.1. The summed E-state index contributed by atoms with van der Waals surface area (Å²) in [5.74, 6) is -0.255. The number of hydrogen-bond acceptors (Lipinski definition) is 3. The monoisotopic (exact) mass is 158 g/mol. The molecule has 64 valence electrons. The van der Waals surface area contributed by atoms with Gasteiger partial charge in [0.25, 0.3) is 0 Å². The molecule has 1 amide bonds. The van der Waals surface area contributed by atoms with E-state index < -0.39 is 0 Å². The van der Waals surface area contributed by atoms with Crippen molar-refractivity contribution < 1.29 is 14.3 Å². The molecule has 11 heavy (non-hydrogen) atoms. The van der Waals surface area contributed by atoms with E-state index in [4.69, 9.17) is 4.74 Å². The lowest BCUT2D eigenvalue weighted by Gasteiger charge is -1.87. The van der Waals surface area contributed by atoms with Crippen LogP contribution in [-0.2, 0) is 14.3 Å². The Kier molecular flexibility index (Phi) is 6.62. The lowest BCUT2D eigenvalue weighted by molar-refractivity contribution is -0.118. The smallest absolute Gasteiger partial charge is 0.124 e. The van der Waals surface area contributed by atoms with Crippen LogP contribution in [0.25, 0.3) is 0 Å². The molecule has 0 aromatic heterocycles. The van der Waals surface area contributed by atoms with Crippen molar-refractivity contribution in [3.63, 3.8) is 0 Å². The largest absolute Gasteiger partial charge is 0.581 e. The molecule has 0 N–H and O–H groups in total. The van der Waals surface area contributed by atoms with E-state index in [0.29, 0.717) is 0 Å². The van der Waals surface area contributed by atoms with Gasteiger partial charge in [-0.25, -0.2) is 0 Å². The van der Waals surface area contributed by atoms with Crippen molar-refractivity contribution in [2.24, 2.45) is 4.99 Å². The molecule has 0 saturated carbocycles. The topological polar surface area (TPSA) is 47.9 Å². The number of rotatable bonds is 2. The van der Waals surface area contributed by atoms with E-state index in [1.54, 1.807) is 0 Å². The van der Waals surface area contributed by atoms with Crippen molar-refractivity contribution in [1.82, 2.24) is 0 Å². The highest BCUT2D eigenvalue weighted by molar-refractivity contribution is 5.88. The molecule has 0 spiro atoms. The van der Waals surface area contributed by atoms with Crippen LogP contribution in [0, 0.1) is 0 Å². The van der Waals surface area contributed by atoms with Crippen LogP contribution < -0.4 is 0 Å². The minimum absolute atomic E-state index is 0.0694. The molecule has 0 aromatic rings. The van der Waals surface area contributed by atoms with Crippen LogP contribution in [0.3, 0.4) is 0 Å². The molecule has 0 aliphatic carbocycles. The van der Waals surface area contributed by atoms with Gasteiger partial charge in [0, 0.05) is 19.6 Å². The molecule has 1 aliphatic rings. The summed E-state index contributed by atoms with van der Waals surface area (Å²) in [6.45, 7) is 5.74. The van der Waals surface area contributed by atoms with Gasteiger partial charge in [-0.05, 0) is 13.8 Å². The maximum Gasteiger partial charge on any atom is 0.124 e. The van der Waals surface area contributed by atoms with Gasteiger partial charge in [0.1, 0.15) is 5.91 Å². The van der Waals surface area contributed by atoms with Crippen molar-refractivity contribution in [1.29, 1.82) is 0 Å². The molecule has 1 rings (SSSR count). The zero-order chi connectivity index (χ0) is 8.53. The van der Waals surface area contributed by atoms with Gasteiger partial charge >= 0.3 is 0 Å². The maximum atomic E-state index is 9.89. The third kappa shape index (κ3) is 6.99. The summed E-state index contributed by atoms with van der Waals surface area (Å²) in [5.41, 5.74) is 0. The highest BCUT2D eigenvalue weighted by Crippen LogP contribution is 1.83. The van der Waals surface area contributed by atoms with Gasteiger partial charge in [-0.15, -0.1) is 0 Å². The summed E-state index contributed by atoms with van der Waals surface area (Å²) in [5, 5.41) is 0. The molecular formula is C7H12NO3-.